The highest BCUT2D eigenvalue weighted by atomic mass is 16.6. The highest BCUT2D eigenvalue weighted by Gasteiger charge is 2.24. The van der Waals surface area contributed by atoms with E-state index in [4.69, 9.17) is 0 Å². The smallest absolute Gasteiger partial charge is 0.339 e. The maximum Gasteiger partial charge on any atom is 0.339 e. The monoisotopic (exact) mass is 371 g/mol. The number of aromatic nitrogens is 2. The van der Waals surface area contributed by atoms with Gasteiger partial charge in [-0.05, 0) is 25.0 Å². The Kier molecular flexibility index (Phi) is 5.92. The van der Waals surface area contributed by atoms with E-state index in [1.807, 2.05) is 18.2 Å². The quantitative estimate of drug-likeness (QED) is 0.468. The maximum absolute atomic E-state index is 11.6. The fourth-order valence-electron chi connectivity index (χ4n) is 3.08. The van der Waals surface area contributed by atoms with E-state index in [-0.39, 0.29) is 23.1 Å². The molecule has 1 aliphatic rings. The minimum absolute atomic E-state index is 0.0555. The lowest BCUT2D eigenvalue weighted by Crippen LogP contribution is -2.39. The molecule has 0 aromatic carbocycles. The number of hydrogen-bond acceptors (Lipinski definition) is 8. The third-order valence-electron chi connectivity index (χ3n) is 4.53. The lowest BCUT2D eigenvalue weighted by molar-refractivity contribution is -0.384. The molecule has 3 heterocycles. The number of carbonyl (C=O) groups excluding carboxylic acids is 1. The second-order valence-electron chi connectivity index (χ2n) is 6.36. The first-order valence-corrected chi connectivity index (χ1v) is 8.68. The van der Waals surface area contributed by atoms with Crippen LogP contribution in [0.25, 0.3) is 0 Å². The van der Waals surface area contributed by atoms with Crippen LogP contribution in [0.3, 0.4) is 0 Å². The van der Waals surface area contributed by atoms with Crippen LogP contribution in [0.15, 0.2) is 36.7 Å². The van der Waals surface area contributed by atoms with E-state index < -0.39 is 10.9 Å². The van der Waals surface area contributed by atoms with Crippen LogP contribution in [0.1, 0.15) is 28.9 Å². The van der Waals surface area contributed by atoms with Gasteiger partial charge < -0.3 is 10.1 Å². The number of carbonyl (C=O) groups is 1. The van der Waals surface area contributed by atoms with Gasteiger partial charge >= 0.3 is 11.7 Å². The predicted octanol–water partition coefficient (Wildman–Crippen LogP) is 2.25. The van der Waals surface area contributed by atoms with Crippen LogP contribution < -0.4 is 5.32 Å². The number of nitro groups is 1. The largest absolute Gasteiger partial charge is 0.465 e. The molecule has 0 radical (unpaired) electrons. The molecule has 9 nitrogen and oxygen atoms in total. The number of piperidine rings is 1. The molecule has 0 aliphatic carbocycles. The Balaban J connectivity index is 1.61. The van der Waals surface area contributed by atoms with Crippen molar-refractivity contribution < 1.29 is 14.5 Å². The van der Waals surface area contributed by atoms with E-state index in [1.165, 1.54) is 19.4 Å². The Morgan fingerprint density at radius 3 is 2.78 bits per heavy atom. The SMILES string of the molecule is COC(=O)c1cnc(NC2CCN(Cc3ccccn3)CC2)c([N+](=O)[O-])c1. The van der Waals surface area contributed by atoms with Crippen LogP contribution in [-0.2, 0) is 11.3 Å². The number of esters is 1. The van der Waals surface area contributed by atoms with Crippen LogP contribution in [0.2, 0.25) is 0 Å². The zero-order valence-corrected chi connectivity index (χ0v) is 15.0. The number of methoxy groups -OCH3 is 1. The standard InChI is InChI=1S/C18H21N5O4/c1-27-18(24)13-10-16(23(25)26)17(20-11-13)21-14-5-8-22(9-6-14)12-15-4-2-3-7-19-15/h2-4,7,10-11,14H,5-6,8-9,12H2,1H3,(H,20,21). The van der Waals surface area contributed by atoms with Crippen molar-refractivity contribution in [1.82, 2.24) is 14.9 Å². The topological polar surface area (TPSA) is 110 Å². The molecule has 1 fully saturated rings. The third kappa shape index (κ3) is 4.76. The lowest BCUT2D eigenvalue weighted by Gasteiger charge is -2.32. The van der Waals surface area contributed by atoms with Crippen molar-refractivity contribution in [1.29, 1.82) is 0 Å². The second-order valence-corrected chi connectivity index (χ2v) is 6.36. The summed E-state index contributed by atoms with van der Waals surface area (Å²) in [7, 11) is 1.22. The van der Waals surface area contributed by atoms with Gasteiger partial charge in [-0.3, -0.25) is 20.0 Å². The van der Waals surface area contributed by atoms with E-state index in [0.717, 1.165) is 38.2 Å². The molecule has 1 aliphatic heterocycles. The molecule has 3 rings (SSSR count). The Morgan fingerprint density at radius 2 is 2.15 bits per heavy atom. The van der Waals surface area contributed by atoms with Gasteiger partial charge in [0.15, 0.2) is 0 Å². The summed E-state index contributed by atoms with van der Waals surface area (Å²) in [5.41, 5.74) is 0.855. The molecule has 0 unspecified atom stereocenters. The van der Waals surface area contributed by atoms with Gasteiger partial charge in [-0.1, -0.05) is 6.07 Å². The summed E-state index contributed by atoms with van der Waals surface area (Å²) in [6.07, 6.45) is 4.75. The first-order valence-electron chi connectivity index (χ1n) is 8.68. The summed E-state index contributed by atoms with van der Waals surface area (Å²) in [6.45, 7) is 2.52. The second kappa shape index (κ2) is 8.54. The molecule has 1 saturated heterocycles. The van der Waals surface area contributed by atoms with E-state index in [1.54, 1.807) is 6.20 Å². The van der Waals surface area contributed by atoms with E-state index in [2.05, 4.69) is 24.9 Å². The zero-order valence-electron chi connectivity index (χ0n) is 15.0. The predicted molar refractivity (Wildman–Crippen MR) is 98.4 cm³/mol. The summed E-state index contributed by atoms with van der Waals surface area (Å²) in [5.74, 6) is -0.476. The van der Waals surface area contributed by atoms with Crippen molar-refractivity contribution in [2.45, 2.75) is 25.4 Å². The molecule has 27 heavy (non-hydrogen) atoms. The van der Waals surface area contributed by atoms with Gasteiger partial charge in [0, 0.05) is 44.1 Å². The fourth-order valence-corrected chi connectivity index (χ4v) is 3.08. The van der Waals surface area contributed by atoms with E-state index in [0.29, 0.717) is 0 Å². The van der Waals surface area contributed by atoms with Crippen molar-refractivity contribution in [3.63, 3.8) is 0 Å². The molecule has 0 bridgehead atoms. The van der Waals surface area contributed by atoms with Crippen molar-refractivity contribution in [3.05, 3.63) is 58.0 Å². The van der Waals surface area contributed by atoms with Crippen molar-refractivity contribution in [3.8, 4) is 0 Å². The van der Waals surface area contributed by atoms with Gasteiger partial charge in [0.2, 0.25) is 5.82 Å². The summed E-state index contributed by atoms with van der Waals surface area (Å²) in [4.78, 5) is 33.1. The number of ether oxygens (including phenoxy) is 1. The number of rotatable bonds is 6. The number of nitrogens with one attached hydrogen (secondary N) is 1. The molecule has 2 aromatic heterocycles. The molecule has 2 aromatic rings. The van der Waals surface area contributed by atoms with Crippen LogP contribution in [0.4, 0.5) is 11.5 Å². The van der Waals surface area contributed by atoms with Crippen LogP contribution >= 0.6 is 0 Å². The van der Waals surface area contributed by atoms with Gasteiger partial charge in [-0.2, -0.15) is 0 Å². The number of nitrogens with zero attached hydrogens (tertiary/aromatic N) is 4. The van der Waals surface area contributed by atoms with Crippen molar-refractivity contribution >= 4 is 17.5 Å². The van der Waals surface area contributed by atoms with Crippen molar-refractivity contribution in [2.24, 2.45) is 0 Å². The van der Waals surface area contributed by atoms with Gasteiger partial charge in [-0.25, -0.2) is 9.78 Å². The number of anilines is 1. The molecule has 9 heteroatoms. The molecule has 0 amide bonds. The van der Waals surface area contributed by atoms with Crippen molar-refractivity contribution in [2.75, 3.05) is 25.5 Å². The minimum Gasteiger partial charge on any atom is -0.465 e. The van der Waals surface area contributed by atoms with Crippen LogP contribution in [-0.4, -0.2) is 52.0 Å². The first kappa shape index (κ1) is 18.7. The number of pyridine rings is 2. The first-order chi connectivity index (χ1) is 13.1. The average Bonchev–Trinajstić information content (AvgIpc) is 2.70. The van der Waals surface area contributed by atoms with Gasteiger partial charge in [-0.15, -0.1) is 0 Å². The van der Waals surface area contributed by atoms with Crippen LogP contribution in [0.5, 0.6) is 0 Å². The molecule has 0 atom stereocenters. The molecule has 0 spiro atoms. The normalized spacial score (nSPS) is 15.3. The summed E-state index contributed by atoms with van der Waals surface area (Å²) >= 11 is 0. The van der Waals surface area contributed by atoms with E-state index in [9.17, 15) is 14.9 Å². The fraction of sp³-hybridized carbons (Fsp3) is 0.389. The molecule has 1 N–H and O–H groups in total. The zero-order chi connectivity index (χ0) is 19.2. The highest BCUT2D eigenvalue weighted by molar-refractivity contribution is 5.90. The molecule has 142 valence electrons. The molecular weight excluding hydrogens is 350 g/mol. The summed E-state index contributed by atoms with van der Waals surface area (Å²) in [5, 5.41) is 14.5. The summed E-state index contributed by atoms with van der Waals surface area (Å²) < 4.78 is 4.59. The Labute approximate surface area is 156 Å². The van der Waals surface area contributed by atoms with E-state index >= 15 is 0 Å². The van der Waals surface area contributed by atoms with Gasteiger partial charge in [0.1, 0.15) is 0 Å². The highest BCUT2D eigenvalue weighted by Crippen LogP contribution is 2.26. The number of hydrogen-bond donors (Lipinski definition) is 1. The third-order valence-corrected chi connectivity index (χ3v) is 4.53. The average molecular weight is 371 g/mol. The molecular formula is C18H21N5O4. The Hall–Kier alpha value is -3.07. The van der Waals surface area contributed by atoms with Crippen LogP contribution in [0, 0.1) is 10.1 Å². The molecule has 0 saturated carbocycles. The number of likely N-dealkylation sites (tertiary alicyclic amines) is 1. The lowest BCUT2D eigenvalue weighted by atomic mass is 10.0. The maximum atomic E-state index is 11.6. The van der Waals surface area contributed by atoms with Gasteiger partial charge in [0.05, 0.1) is 23.3 Å². The minimum atomic E-state index is -0.653. The van der Waals surface area contributed by atoms with Gasteiger partial charge in [0.25, 0.3) is 0 Å². The Morgan fingerprint density at radius 1 is 1.37 bits per heavy atom. The summed E-state index contributed by atoms with van der Waals surface area (Å²) in [6, 6.07) is 7.14. The Bertz CT molecular complexity index is 807.